The predicted molar refractivity (Wildman–Crippen MR) is 113 cm³/mol. The van der Waals surface area contributed by atoms with Crippen molar-refractivity contribution in [2.24, 2.45) is 5.92 Å². The van der Waals surface area contributed by atoms with Gasteiger partial charge in [-0.15, -0.1) is 0 Å². The number of anilines is 1. The van der Waals surface area contributed by atoms with Gasteiger partial charge in [-0.05, 0) is 51.3 Å². The summed E-state index contributed by atoms with van der Waals surface area (Å²) in [6, 6.07) is 6.69. The summed E-state index contributed by atoms with van der Waals surface area (Å²) in [6.45, 7) is 5.57. The molecule has 1 aromatic rings. The first-order valence-electron chi connectivity index (χ1n) is 11.0. The molecule has 0 bridgehead atoms. The molecule has 4 rings (SSSR count). The lowest BCUT2D eigenvalue weighted by atomic mass is 9.51. The van der Waals surface area contributed by atoms with Crippen LogP contribution in [0.1, 0.15) is 52.0 Å². The number of halogens is 2. The van der Waals surface area contributed by atoms with Crippen molar-refractivity contribution < 1.29 is 27.9 Å². The maximum absolute atomic E-state index is 14.6. The van der Waals surface area contributed by atoms with Crippen molar-refractivity contribution in [1.29, 1.82) is 0 Å². The molecule has 2 saturated heterocycles. The number of rotatable bonds is 3. The van der Waals surface area contributed by atoms with E-state index in [1.807, 2.05) is 12.1 Å². The number of piperidine rings is 2. The molecule has 0 radical (unpaired) electrons. The van der Waals surface area contributed by atoms with Gasteiger partial charge < -0.3 is 15.0 Å². The van der Waals surface area contributed by atoms with Gasteiger partial charge in [0.05, 0.1) is 5.92 Å². The number of alkyl halides is 2. The van der Waals surface area contributed by atoms with E-state index in [2.05, 4.69) is 10.6 Å². The molecular formula is C23H29F2N3O4. The molecule has 3 amide bonds. The molecule has 0 unspecified atom stereocenters. The summed E-state index contributed by atoms with van der Waals surface area (Å²) in [4.78, 5) is 37.1. The van der Waals surface area contributed by atoms with Gasteiger partial charge in [0.1, 0.15) is 11.6 Å². The van der Waals surface area contributed by atoms with Gasteiger partial charge in [0.15, 0.2) is 0 Å². The molecule has 3 atom stereocenters. The van der Waals surface area contributed by atoms with E-state index in [0.717, 1.165) is 5.56 Å². The third kappa shape index (κ3) is 4.17. The zero-order valence-corrected chi connectivity index (χ0v) is 18.5. The number of nitrogens with one attached hydrogen (secondary N) is 2. The second-order valence-corrected chi connectivity index (χ2v) is 10.0. The highest BCUT2D eigenvalue weighted by atomic mass is 19.3. The number of ether oxygens (including phenoxy) is 1. The minimum absolute atomic E-state index is 0.0435. The Labute approximate surface area is 185 Å². The zero-order valence-electron chi connectivity index (χ0n) is 18.5. The predicted octanol–water partition coefficient (Wildman–Crippen LogP) is 3.44. The molecule has 2 heterocycles. The van der Waals surface area contributed by atoms with Gasteiger partial charge in [-0.25, -0.2) is 13.6 Å². The van der Waals surface area contributed by atoms with E-state index >= 15 is 0 Å². The fourth-order valence-corrected chi connectivity index (χ4v) is 5.03. The van der Waals surface area contributed by atoms with E-state index < -0.39 is 35.0 Å². The molecule has 32 heavy (non-hydrogen) atoms. The lowest BCUT2D eigenvalue weighted by Gasteiger charge is -2.59. The maximum Gasteiger partial charge on any atom is 0.410 e. The number of carbonyl (C=O) groups excluding carboxylic acids is 3. The number of amides is 3. The molecule has 1 aliphatic carbocycles. The quantitative estimate of drug-likeness (QED) is 0.691. The highest BCUT2D eigenvalue weighted by molar-refractivity contribution is 6.01. The van der Waals surface area contributed by atoms with Gasteiger partial charge in [0.2, 0.25) is 11.8 Å². The number of nitrogens with zero attached hydrogens (tertiary/aromatic N) is 1. The first-order valence-corrected chi connectivity index (χ1v) is 11.0. The van der Waals surface area contributed by atoms with Gasteiger partial charge in [-0.1, -0.05) is 12.1 Å². The monoisotopic (exact) mass is 449 g/mol. The van der Waals surface area contributed by atoms with Crippen LogP contribution >= 0.6 is 0 Å². The van der Waals surface area contributed by atoms with Gasteiger partial charge in [0, 0.05) is 37.0 Å². The molecule has 1 aromatic carbocycles. The summed E-state index contributed by atoms with van der Waals surface area (Å²) < 4.78 is 34.5. The third-order valence-electron chi connectivity index (χ3n) is 6.65. The molecule has 3 aliphatic rings. The van der Waals surface area contributed by atoms with Crippen LogP contribution in [0.15, 0.2) is 24.3 Å². The highest BCUT2D eigenvalue weighted by Crippen LogP contribution is 2.61. The maximum atomic E-state index is 14.6. The Morgan fingerprint density at radius 1 is 1.22 bits per heavy atom. The van der Waals surface area contributed by atoms with E-state index in [0.29, 0.717) is 25.1 Å². The van der Waals surface area contributed by atoms with Crippen molar-refractivity contribution in [3.8, 4) is 0 Å². The molecule has 3 fully saturated rings. The van der Waals surface area contributed by atoms with Gasteiger partial charge in [0.25, 0.3) is 5.92 Å². The average Bonchev–Trinajstić information content (AvgIpc) is 2.68. The molecule has 174 valence electrons. The summed E-state index contributed by atoms with van der Waals surface area (Å²) >= 11 is 0. The normalized spacial score (nSPS) is 29.5. The van der Waals surface area contributed by atoms with Crippen LogP contribution in [0.25, 0.3) is 0 Å². The molecule has 7 nitrogen and oxygen atoms in total. The summed E-state index contributed by atoms with van der Waals surface area (Å²) in [6.07, 6.45) is 0.317. The van der Waals surface area contributed by atoms with E-state index in [4.69, 9.17) is 4.74 Å². The first-order chi connectivity index (χ1) is 14.9. The molecule has 0 aromatic heterocycles. The molecule has 1 saturated carbocycles. The van der Waals surface area contributed by atoms with Gasteiger partial charge in [-0.2, -0.15) is 0 Å². The Hall–Kier alpha value is -2.71. The van der Waals surface area contributed by atoms with Crippen LogP contribution < -0.4 is 10.6 Å². The number of imide groups is 1. The van der Waals surface area contributed by atoms with Crippen molar-refractivity contribution >= 4 is 23.6 Å². The van der Waals surface area contributed by atoms with E-state index in [9.17, 15) is 23.2 Å². The lowest BCUT2D eigenvalue weighted by Crippen LogP contribution is -2.67. The van der Waals surface area contributed by atoms with Gasteiger partial charge >= 0.3 is 6.09 Å². The Kier molecular flexibility index (Phi) is 5.41. The third-order valence-corrected chi connectivity index (χ3v) is 6.65. The van der Waals surface area contributed by atoms with Crippen LogP contribution in [0, 0.1) is 5.92 Å². The average molecular weight is 449 g/mol. The van der Waals surface area contributed by atoms with Crippen LogP contribution in [-0.4, -0.2) is 53.5 Å². The summed E-state index contributed by atoms with van der Waals surface area (Å²) in [5, 5.41) is 5.40. The second-order valence-electron chi connectivity index (χ2n) is 10.0. The van der Waals surface area contributed by atoms with Crippen LogP contribution in [0.5, 0.6) is 0 Å². The minimum Gasteiger partial charge on any atom is -0.444 e. The van der Waals surface area contributed by atoms with Crippen LogP contribution in [0.3, 0.4) is 0 Å². The van der Waals surface area contributed by atoms with Crippen LogP contribution in [0.2, 0.25) is 0 Å². The molecule has 9 heteroatoms. The van der Waals surface area contributed by atoms with Crippen LogP contribution in [0.4, 0.5) is 19.3 Å². The minimum atomic E-state index is -2.84. The second kappa shape index (κ2) is 7.71. The largest absolute Gasteiger partial charge is 0.444 e. The van der Waals surface area contributed by atoms with Crippen molar-refractivity contribution in [2.45, 2.75) is 69.4 Å². The molecular weight excluding hydrogens is 420 g/mol. The molecule has 2 aliphatic heterocycles. The van der Waals surface area contributed by atoms with Crippen molar-refractivity contribution in [2.75, 3.05) is 18.4 Å². The number of likely N-dealkylation sites (tertiary alicyclic amines) is 1. The fourth-order valence-electron chi connectivity index (χ4n) is 5.03. The first kappa shape index (κ1) is 22.5. The number of hydrogen-bond donors (Lipinski definition) is 2. The Balaban J connectivity index is 1.46. The van der Waals surface area contributed by atoms with Gasteiger partial charge in [-0.3, -0.25) is 14.9 Å². The fraction of sp³-hybridized carbons (Fsp3) is 0.609. The number of carbonyl (C=O) groups is 3. The highest BCUT2D eigenvalue weighted by Gasteiger charge is 2.67. The Bertz CT molecular complexity index is 928. The van der Waals surface area contributed by atoms with Crippen molar-refractivity contribution in [3.63, 3.8) is 0 Å². The lowest BCUT2D eigenvalue weighted by molar-refractivity contribution is -0.211. The van der Waals surface area contributed by atoms with E-state index in [-0.39, 0.29) is 31.2 Å². The number of hydrogen-bond acceptors (Lipinski definition) is 5. The Morgan fingerprint density at radius 2 is 1.91 bits per heavy atom. The van der Waals surface area contributed by atoms with Crippen LogP contribution in [-0.2, 0) is 19.7 Å². The van der Waals surface area contributed by atoms with Crippen molar-refractivity contribution in [3.05, 3.63) is 29.8 Å². The summed E-state index contributed by atoms with van der Waals surface area (Å²) in [5.41, 5.74) is 0.133. The molecule has 2 N–H and O–H groups in total. The SMILES string of the molecule is CC(C)(C)OC(=O)N1CC[C@]2(c3ccc(N[C@H]4CCC(=O)NC4=O)cc3)CC(F)(F)[C@@H]2C1. The van der Waals surface area contributed by atoms with Crippen molar-refractivity contribution in [1.82, 2.24) is 10.2 Å². The summed E-state index contributed by atoms with van der Waals surface area (Å²) in [5.74, 6) is -4.45. The molecule has 0 spiro atoms. The summed E-state index contributed by atoms with van der Waals surface area (Å²) in [7, 11) is 0. The topological polar surface area (TPSA) is 87.7 Å². The standard InChI is InChI=1S/C23H29F2N3O4/c1-21(2,3)32-20(31)28-11-10-22(13-23(24,25)17(22)12-28)14-4-6-15(7-5-14)26-16-8-9-18(29)27-19(16)30/h4-7,16-17,26H,8-13H2,1-3H3,(H,27,29,30)/t16-,17+,22+/m0/s1. The number of fused-ring (bicyclic) bond motifs is 1. The number of benzene rings is 1. The van der Waals surface area contributed by atoms with E-state index in [1.54, 1.807) is 32.9 Å². The Morgan fingerprint density at radius 3 is 2.50 bits per heavy atom. The smallest absolute Gasteiger partial charge is 0.410 e. The zero-order chi connectivity index (χ0) is 23.3. The van der Waals surface area contributed by atoms with E-state index in [1.165, 1.54) is 4.90 Å².